The molecule has 1 aliphatic heterocycles. The fourth-order valence-electron chi connectivity index (χ4n) is 3.48. The summed E-state index contributed by atoms with van der Waals surface area (Å²) in [5, 5.41) is 0. The normalized spacial score (nSPS) is 21.6. The molecule has 2 unspecified atom stereocenters. The maximum atomic E-state index is 6.06. The van der Waals surface area contributed by atoms with Crippen LogP contribution in [0, 0.1) is 19.8 Å². The van der Waals surface area contributed by atoms with Crippen LogP contribution in [-0.2, 0) is 0 Å². The van der Waals surface area contributed by atoms with Crippen molar-refractivity contribution in [3.8, 4) is 0 Å². The van der Waals surface area contributed by atoms with E-state index in [9.17, 15) is 0 Å². The lowest BCUT2D eigenvalue weighted by Gasteiger charge is -2.30. The van der Waals surface area contributed by atoms with Crippen LogP contribution in [0.1, 0.15) is 29.2 Å². The minimum atomic E-state index is 0.333. The topological polar surface area (TPSA) is 32.5 Å². The van der Waals surface area contributed by atoms with Gasteiger partial charge in [-0.15, -0.1) is 0 Å². The van der Waals surface area contributed by atoms with E-state index in [0.29, 0.717) is 12.6 Å². The first-order valence-corrected chi connectivity index (χ1v) is 7.66. The van der Waals surface area contributed by atoms with Crippen LogP contribution >= 0.6 is 0 Å². The van der Waals surface area contributed by atoms with Gasteiger partial charge in [-0.1, -0.05) is 29.3 Å². The first kappa shape index (κ1) is 15.5. The van der Waals surface area contributed by atoms with Crippen molar-refractivity contribution in [2.24, 2.45) is 11.7 Å². The van der Waals surface area contributed by atoms with Gasteiger partial charge in [0.05, 0.1) is 0 Å². The van der Waals surface area contributed by atoms with E-state index in [2.05, 4.69) is 55.9 Å². The van der Waals surface area contributed by atoms with Gasteiger partial charge in [-0.2, -0.15) is 0 Å². The highest BCUT2D eigenvalue weighted by atomic mass is 15.2. The highest BCUT2D eigenvalue weighted by Gasteiger charge is 2.24. The maximum Gasteiger partial charge on any atom is 0.0467 e. The molecule has 1 saturated heterocycles. The molecule has 0 aromatic heterocycles. The number of hydrogen-bond acceptors (Lipinski definition) is 3. The summed E-state index contributed by atoms with van der Waals surface area (Å²) in [5.74, 6) is 0.782. The molecule has 0 saturated carbocycles. The van der Waals surface area contributed by atoms with Crippen LogP contribution in [0.25, 0.3) is 0 Å². The van der Waals surface area contributed by atoms with Gasteiger partial charge in [-0.3, -0.25) is 4.90 Å². The van der Waals surface area contributed by atoms with Gasteiger partial charge in [0.1, 0.15) is 0 Å². The molecule has 1 aromatic rings. The van der Waals surface area contributed by atoms with Gasteiger partial charge in [0.15, 0.2) is 0 Å². The first-order valence-electron chi connectivity index (χ1n) is 7.66. The Balaban J connectivity index is 2.06. The average molecular weight is 275 g/mol. The molecule has 3 nitrogen and oxygen atoms in total. The van der Waals surface area contributed by atoms with E-state index in [1.807, 2.05) is 0 Å². The Kier molecular flexibility index (Phi) is 5.19. The van der Waals surface area contributed by atoms with Gasteiger partial charge < -0.3 is 10.6 Å². The molecule has 0 spiro atoms. The molecule has 1 aromatic carbocycles. The lowest BCUT2D eigenvalue weighted by atomic mass is 9.99. The standard InChI is InChI=1S/C17H29N3/c1-13-7-14(2)9-16(8-13)17(10-18)20(4)12-15-5-6-19(3)11-15/h7-9,15,17H,5-6,10-12,18H2,1-4H3. The lowest BCUT2D eigenvalue weighted by molar-refractivity contribution is 0.211. The third-order valence-corrected chi connectivity index (χ3v) is 4.42. The Morgan fingerprint density at radius 3 is 2.45 bits per heavy atom. The van der Waals surface area contributed by atoms with Gasteiger partial charge in [-0.25, -0.2) is 0 Å². The minimum Gasteiger partial charge on any atom is -0.329 e. The number of benzene rings is 1. The third kappa shape index (κ3) is 3.81. The van der Waals surface area contributed by atoms with Crippen LogP contribution < -0.4 is 5.73 Å². The van der Waals surface area contributed by atoms with E-state index in [1.54, 1.807) is 0 Å². The van der Waals surface area contributed by atoms with Crippen molar-refractivity contribution >= 4 is 0 Å². The largest absolute Gasteiger partial charge is 0.329 e. The minimum absolute atomic E-state index is 0.333. The molecule has 112 valence electrons. The molecule has 2 atom stereocenters. The van der Waals surface area contributed by atoms with Crippen molar-refractivity contribution in [3.63, 3.8) is 0 Å². The molecule has 0 bridgehead atoms. The number of aryl methyl sites for hydroxylation is 2. The van der Waals surface area contributed by atoms with Crippen molar-refractivity contribution in [3.05, 3.63) is 34.9 Å². The molecule has 0 aliphatic carbocycles. The number of likely N-dealkylation sites (N-methyl/N-ethyl adjacent to an activating group) is 1. The molecule has 1 fully saturated rings. The lowest BCUT2D eigenvalue weighted by Crippen LogP contribution is -2.35. The molecular weight excluding hydrogens is 246 g/mol. The predicted molar refractivity (Wildman–Crippen MR) is 85.9 cm³/mol. The monoisotopic (exact) mass is 275 g/mol. The molecule has 0 radical (unpaired) electrons. The van der Waals surface area contributed by atoms with Crippen LogP contribution in [0.4, 0.5) is 0 Å². The van der Waals surface area contributed by atoms with E-state index in [0.717, 1.165) is 12.5 Å². The molecule has 3 heteroatoms. The number of rotatable bonds is 5. The summed E-state index contributed by atoms with van der Waals surface area (Å²) in [6.45, 7) is 8.59. The Bertz CT molecular complexity index is 424. The Morgan fingerprint density at radius 2 is 1.95 bits per heavy atom. The molecular formula is C17H29N3. The van der Waals surface area contributed by atoms with Gasteiger partial charge in [0.25, 0.3) is 0 Å². The summed E-state index contributed by atoms with van der Waals surface area (Å²) in [4.78, 5) is 4.87. The summed E-state index contributed by atoms with van der Waals surface area (Å²) >= 11 is 0. The van der Waals surface area contributed by atoms with Crippen molar-refractivity contribution in [2.45, 2.75) is 26.3 Å². The molecule has 0 amide bonds. The predicted octanol–water partition coefficient (Wildman–Crippen LogP) is 2.19. The Morgan fingerprint density at radius 1 is 1.30 bits per heavy atom. The third-order valence-electron chi connectivity index (χ3n) is 4.42. The maximum absolute atomic E-state index is 6.06. The second kappa shape index (κ2) is 6.70. The summed E-state index contributed by atoms with van der Waals surface area (Å²) in [7, 11) is 4.43. The van der Waals surface area contributed by atoms with Crippen molar-refractivity contribution in [2.75, 3.05) is 40.3 Å². The fourth-order valence-corrected chi connectivity index (χ4v) is 3.48. The summed E-state index contributed by atoms with van der Waals surface area (Å²) in [6, 6.07) is 7.12. The zero-order valence-electron chi connectivity index (χ0n) is 13.4. The number of hydrogen-bond donors (Lipinski definition) is 1. The number of nitrogens with two attached hydrogens (primary N) is 1. The van der Waals surface area contributed by atoms with E-state index in [-0.39, 0.29) is 0 Å². The molecule has 2 N–H and O–H groups in total. The summed E-state index contributed by atoms with van der Waals surface area (Å²) < 4.78 is 0. The van der Waals surface area contributed by atoms with Crippen LogP contribution in [-0.4, -0.2) is 50.1 Å². The van der Waals surface area contributed by atoms with Gasteiger partial charge in [0.2, 0.25) is 0 Å². The quantitative estimate of drug-likeness (QED) is 0.894. The van der Waals surface area contributed by atoms with Crippen LogP contribution in [0.3, 0.4) is 0 Å². The summed E-state index contributed by atoms with van der Waals surface area (Å²) in [6.07, 6.45) is 1.31. The highest BCUT2D eigenvalue weighted by Crippen LogP contribution is 2.24. The highest BCUT2D eigenvalue weighted by molar-refractivity contribution is 5.31. The van der Waals surface area contributed by atoms with Crippen LogP contribution in [0.5, 0.6) is 0 Å². The van der Waals surface area contributed by atoms with E-state index >= 15 is 0 Å². The second-order valence-corrected chi connectivity index (χ2v) is 6.53. The Labute approximate surface area is 123 Å². The number of nitrogens with zero attached hydrogens (tertiary/aromatic N) is 2. The van der Waals surface area contributed by atoms with E-state index in [1.165, 1.54) is 36.2 Å². The van der Waals surface area contributed by atoms with Crippen molar-refractivity contribution in [1.29, 1.82) is 0 Å². The first-order chi connectivity index (χ1) is 9.49. The Hall–Kier alpha value is -0.900. The van der Waals surface area contributed by atoms with Gasteiger partial charge in [-0.05, 0) is 52.4 Å². The summed E-state index contributed by atoms with van der Waals surface area (Å²) in [5.41, 5.74) is 10.1. The second-order valence-electron chi connectivity index (χ2n) is 6.53. The fraction of sp³-hybridized carbons (Fsp3) is 0.647. The van der Waals surface area contributed by atoms with Crippen LogP contribution in [0.2, 0.25) is 0 Å². The van der Waals surface area contributed by atoms with E-state index < -0.39 is 0 Å². The van der Waals surface area contributed by atoms with Gasteiger partial charge in [0, 0.05) is 25.7 Å². The van der Waals surface area contributed by atoms with Crippen molar-refractivity contribution < 1.29 is 0 Å². The van der Waals surface area contributed by atoms with Crippen LogP contribution in [0.15, 0.2) is 18.2 Å². The molecule has 20 heavy (non-hydrogen) atoms. The molecule has 1 heterocycles. The zero-order valence-corrected chi connectivity index (χ0v) is 13.4. The van der Waals surface area contributed by atoms with Gasteiger partial charge >= 0.3 is 0 Å². The zero-order chi connectivity index (χ0) is 14.7. The SMILES string of the molecule is Cc1cc(C)cc(C(CN)N(C)CC2CCN(C)C2)c1. The number of likely N-dealkylation sites (tertiary alicyclic amines) is 1. The average Bonchev–Trinajstić information content (AvgIpc) is 2.74. The van der Waals surface area contributed by atoms with E-state index in [4.69, 9.17) is 5.73 Å². The van der Waals surface area contributed by atoms with Crippen molar-refractivity contribution in [1.82, 2.24) is 9.80 Å². The molecule has 2 rings (SSSR count). The molecule has 1 aliphatic rings. The smallest absolute Gasteiger partial charge is 0.0467 e.